The Balaban J connectivity index is 2.64. The van der Waals surface area contributed by atoms with Crippen LogP contribution in [0.3, 0.4) is 0 Å². The van der Waals surface area contributed by atoms with Gasteiger partial charge in [0.25, 0.3) is 0 Å². The maximum absolute atomic E-state index is 8.44. The number of azide groups is 2. The standard InChI is InChI=1S/C9H16N6/c1-2-3-7-4-5-8(12-14-10)9(6-7)13-15-11/h7-9H,2-6H2,1H3. The molecule has 0 aliphatic heterocycles. The van der Waals surface area contributed by atoms with E-state index in [1.54, 1.807) is 0 Å². The summed E-state index contributed by atoms with van der Waals surface area (Å²) in [6.45, 7) is 2.15. The minimum atomic E-state index is -0.142. The van der Waals surface area contributed by atoms with Crippen LogP contribution in [-0.4, -0.2) is 12.1 Å². The maximum Gasteiger partial charge on any atom is 0.0461 e. The maximum atomic E-state index is 8.44. The van der Waals surface area contributed by atoms with E-state index >= 15 is 0 Å². The minimum Gasteiger partial charge on any atom is -0.0902 e. The highest BCUT2D eigenvalue weighted by atomic mass is 15.2. The summed E-state index contributed by atoms with van der Waals surface area (Å²) in [7, 11) is 0. The number of hydrogen-bond acceptors (Lipinski definition) is 2. The molecule has 1 saturated carbocycles. The molecule has 0 aromatic heterocycles. The fourth-order valence-electron chi connectivity index (χ4n) is 2.28. The molecule has 0 heterocycles. The van der Waals surface area contributed by atoms with Crippen molar-refractivity contribution in [3.63, 3.8) is 0 Å². The third-order valence-electron chi connectivity index (χ3n) is 2.99. The first-order chi connectivity index (χ1) is 7.31. The molecule has 3 atom stereocenters. The SMILES string of the molecule is CCCC1CCC(N=[N+]=[N-])C(N=[N+]=[N-])C1. The Hall–Kier alpha value is -1.38. The zero-order valence-electron chi connectivity index (χ0n) is 8.95. The monoisotopic (exact) mass is 208 g/mol. The molecule has 82 valence electrons. The van der Waals surface area contributed by atoms with Crippen LogP contribution in [0.15, 0.2) is 10.2 Å². The quantitative estimate of drug-likeness (QED) is 0.379. The Morgan fingerprint density at radius 1 is 1.13 bits per heavy atom. The van der Waals surface area contributed by atoms with Gasteiger partial charge in [-0.05, 0) is 29.8 Å². The van der Waals surface area contributed by atoms with Gasteiger partial charge in [0.15, 0.2) is 0 Å². The van der Waals surface area contributed by atoms with Crippen molar-refractivity contribution in [1.82, 2.24) is 0 Å². The van der Waals surface area contributed by atoms with Crippen LogP contribution < -0.4 is 0 Å². The van der Waals surface area contributed by atoms with Crippen molar-refractivity contribution in [3.8, 4) is 0 Å². The van der Waals surface area contributed by atoms with Crippen LogP contribution in [0.5, 0.6) is 0 Å². The lowest BCUT2D eigenvalue weighted by Gasteiger charge is -2.30. The van der Waals surface area contributed by atoms with Crippen LogP contribution in [-0.2, 0) is 0 Å². The molecule has 0 amide bonds. The molecule has 0 bridgehead atoms. The number of nitrogens with zero attached hydrogens (tertiary/aromatic N) is 6. The molecule has 1 fully saturated rings. The summed E-state index contributed by atoms with van der Waals surface area (Å²) < 4.78 is 0. The van der Waals surface area contributed by atoms with Crippen LogP contribution >= 0.6 is 0 Å². The van der Waals surface area contributed by atoms with Gasteiger partial charge in [-0.2, -0.15) is 0 Å². The van der Waals surface area contributed by atoms with Crippen molar-refractivity contribution >= 4 is 0 Å². The molecule has 6 heteroatoms. The average Bonchev–Trinajstić information content (AvgIpc) is 2.23. The highest BCUT2D eigenvalue weighted by molar-refractivity contribution is 4.89. The van der Waals surface area contributed by atoms with Crippen LogP contribution in [0.2, 0.25) is 0 Å². The van der Waals surface area contributed by atoms with Crippen molar-refractivity contribution < 1.29 is 0 Å². The molecule has 6 nitrogen and oxygen atoms in total. The smallest absolute Gasteiger partial charge is 0.0461 e. The van der Waals surface area contributed by atoms with E-state index in [2.05, 4.69) is 27.0 Å². The Kier molecular flexibility index (Phi) is 4.81. The number of hydrogen-bond donors (Lipinski definition) is 0. The molecule has 0 saturated heterocycles. The lowest BCUT2D eigenvalue weighted by Crippen LogP contribution is -2.30. The van der Waals surface area contributed by atoms with Gasteiger partial charge in [0.2, 0.25) is 0 Å². The van der Waals surface area contributed by atoms with E-state index in [9.17, 15) is 0 Å². The summed E-state index contributed by atoms with van der Waals surface area (Å²) in [5.41, 5.74) is 16.8. The zero-order chi connectivity index (χ0) is 11.1. The first-order valence-electron chi connectivity index (χ1n) is 5.40. The van der Waals surface area contributed by atoms with E-state index < -0.39 is 0 Å². The largest absolute Gasteiger partial charge is 0.0902 e. The van der Waals surface area contributed by atoms with Crippen molar-refractivity contribution in [3.05, 3.63) is 20.9 Å². The summed E-state index contributed by atoms with van der Waals surface area (Å²) in [5.74, 6) is 0.621. The van der Waals surface area contributed by atoms with Crippen molar-refractivity contribution in [2.75, 3.05) is 0 Å². The molecule has 1 aliphatic carbocycles. The predicted octanol–water partition coefficient (Wildman–Crippen LogP) is 3.94. The van der Waals surface area contributed by atoms with Crippen molar-refractivity contribution in [2.45, 2.75) is 51.1 Å². The fraction of sp³-hybridized carbons (Fsp3) is 1.00. The van der Waals surface area contributed by atoms with Gasteiger partial charge in [0.05, 0.1) is 0 Å². The molecule has 1 aliphatic rings. The van der Waals surface area contributed by atoms with Gasteiger partial charge in [-0.25, -0.2) is 0 Å². The normalized spacial score (nSPS) is 30.1. The van der Waals surface area contributed by atoms with Gasteiger partial charge in [0, 0.05) is 21.9 Å². The summed E-state index contributed by atoms with van der Waals surface area (Å²) >= 11 is 0. The van der Waals surface area contributed by atoms with Crippen molar-refractivity contribution in [2.24, 2.45) is 16.1 Å². The second-order valence-electron chi connectivity index (χ2n) is 4.01. The van der Waals surface area contributed by atoms with Crippen LogP contribution in [0, 0.1) is 5.92 Å². The molecule has 0 aromatic carbocycles. The Bertz CT molecular complexity index is 289. The van der Waals surface area contributed by atoms with Crippen LogP contribution in [0.4, 0.5) is 0 Å². The zero-order valence-corrected chi connectivity index (χ0v) is 8.95. The Morgan fingerprint density at radius 3 is 2.40 bits per heavy atom. The molecule has 0 spiro atoms. The summed E-state index contributed by atoms with van der Waals surface area (Å²) in [4.78, 5) is 5.63. The Morgan fingerprint density at radius 2 is 1.80 bits per heavy atom. The first-order valence-corrected chi connectivity index (χ1v) is 5.40. The van der Waals surface area contributed by atoms with Gasteiger partial charge < -0.3 is 0 Å². The van der Waals surface area contributed by atoms with E-state index in [0.717, 1.165) is 25.7 Å². The summed E-state index contributed by atoms with van der Waals surface area (Å²) in [5, 5.41) is 7.43. The van der Waals surface area contributed by atoms with Gasteiger partial charge in [-0.1, -0.05) is 36.4 Å². The third kappa shape index (κ3) is 3.35. The lowest BCUT2D eigenvalue weighted by molar-refractivity contribution is 0.275. The van der Waals surface area contributed by atoms with Crippen LogP contribution in [0.25, 0.3) is 20.9 Å². The van der Waals surface area contributed by atoms with E-state index in [1.165, 1.54) is 6.42 Å². The number of rotatable bonds is 4. The predicted molar refractivity (Wildman–Crippen MR) is 58.1 cm³/mol. The van der Waals surface area contributed by atoms with Gasteiger partial charge in [-0.15, -0.1) is 0 Å². The molecule has 1 rings (SSSR count). The topological polar surface area (TPSA) is 97.5 Å². The second-order valence-corrected chi connectivity index (χ2v) is 4.01. The van der Waals surface area contributed by atoms with Gasteiger partial charge in [-0.3, -0.25) is 0 Å². The molecule has 0 radical (unpaired) electrons. The van der Waals surface area contributed by atoms with Crippen LogP contribution in [0.1, 0.15) is 39.0 Å². The highest BCUT2D eigenvalue weighted by Gasteiger charge is 2.28. The Labute approximate surface area is 88.9 Å². The molecular weight excluding hydrogens is 192 g/mol. The fourth-order valence-corrected chi connectivity index (χ4v) is 2.28. The van der Waals surface area contributed by atoms with E-state index in [1.807, 2.05) is 0 Å². The van der Waals surface area contributed by atoms with Gasteiger partial charge in [0.1, 0.15) is 0 Å². The summed E-state index contributed by atoms with van der Waals surface area (Å²) in [6.07, 6.45) is 5.11. The van der Waals surface area contributed by atoms with E-state index in [4.69, 9.17) is 11.1 Å². The average molecular weight is 208 g/mol. The van der Waals surface area contributed by atoms with E-state index in [0.29, 0.717) is 5.92 Å². The molecule has 0 N–H and O–H groups in total. The van der Waals surface area contributed by atoms with Crippen molar-refractivity contribution in [1.29, 1.82) is 0 Å². The second kappa shape index (κ2) is 6.17. The first kappa shape index (κ1) is 11.7. The molecule has 0 aromatic rings. The minimum absolute atomic E-state index is 0.140. The molecule has 15 heavy (non-hydrogen) atoms. The third-order valence-corrected chi connectivity index (χ3v) is 2.99. The molecule has 3 unspecified atom stereocenters. The summed E-state index contributed by atoms with van der Waals surface area (Å²) in [6, 6.07) is -0.282. The van der Waals surface area contributed by atoms with E-state index in [-0.39, 0.29) is 12.1 Å². The van der Waals surface area contributed by atoms with Gasteiger partial charge >= 0.3 is 0 Å². The lowest BCUT2D eigenvalue weighted by atomic mass is 9.81. The molecular formula is C9H16N6. The highest BCUT2D eigenvalue weighted by Crippen LogP contribution is 2.31.